The van der Waals surface area contributed by atoms with Crippen LogP contribution in [0.3, 0.4) is 0 Å². The maximum atomic E-state index is 5.78. The topological polar surface area (TPSA) is 73.1 Å². The van der Waals surface area contributed by atoms with Gasteiger partial charge in [0.1, 0.15) is 0 Å². The summed E-state index contributed by atoms with van der Waals surface area (Å²) in [7, 11) is 1.54. The van der Waals surface area contributed by atoms with Crippen molar-refractivity contribution < 1.29 is 4.74 Å². The van der Waals surface area contributed by atoms with E-state index in [2.05, 4.69) is 15.5 Å². The van der Waals surface area contributed by atoms with Crippen LogP contribution in [0.2, 0.25) is 0 Å². The number of nitrogen functional groups attached to an aromatic ring is 1. The molecule has 2 heterocycles. The number of nitrogens with one attached hydrogen (secondary N) is 1. The first-order chi connectivity index (χ1) is 7.31. The molecule has 1 aromatic rings. The third-order valence-electron chi connectivity index (χ3n) is 2.67. The molecule has 0 spiro atoms. The summed E-state index contributed by atoms with van der Waals surface area (Å²) in [6.45, 7) is 1.04. The van der Waals surface area contributed by atoms with Gasteiger partial charge in [0.2, 0.25) is 0 Å². The third kappa shape index (κ3) is 2.18. The van der Waals surface area contributed by atoms with Crippen molar-refractivity contribution in [2.24, 2.45) is 0 Å². The molecule has 3 N–H and O–H groups in total. The molecular weight excluding hydrogens is 192 g/mol. The summed E-state index contributed by atoms with van der Waals surface area (Å²) in [5, 5.41) is 11.5. The summed E-state index contributed by atoms with van der Waals surface area (Å²) < 4.78 is 4.97. The lowest BCUT2D eigenvalue weighted by Gasteiger charge is -2.22. The Hall–Kier alpha value is -1.36. The molecule has 0 saturated carbocycles. The fourth-order valence-corrected chi connectivity index (χ4v) is 1.84. The van der Waals surface area contributed by atoms with Gasteiger partial charge in [-0.25, -0.2) is 0 Å². The highest BCUT2D eigenvalue weighted by atomic mass is 16.5. The maximum Gasteiger partial charge on any atom is 0.256 e. The van der Waals surface area contributed by atoms with Crippen LogP contribution in [0.25, 0.3) is 0 Å². The van der Waals surface area contributed by atoms with Crippen molar-refractivity contribution in [1.82, 2.24) is 15.5 Å². The fourth-order valence-electron chi connectivity index (χ4n) is 1.84. The molecule has 1 aromatic heterocycles. The third-order valence-corrected chi connectivity index (χ3v) is 2.67. The molecule has 2 rings (SSSR count). The van der Waals surface area contributed by atoms with Gasteiger partial charge in [0.05, 0.1) is 24.5 Å². The van der Waals surface area contributed by atoms with Gasteiger partial charge in [-0.3, -0.25) is 0 Å². The Balaban J connectivity index is 2.17. The van der Waals surface area contributed by atoms with E-state index in [0.29, 0.717) is 17.6 Å². The first-order valence-corrected chi connectivity index (χ1v) is 5.21. The van der Waals surface area contributed by atoms with E-state index in [1.807, 2.05) is 6.07 Å². The molecule has 1 aliphatic heterocycles. The zero-order valence-electron chi connectivity index (χ0n) is 8.86. The lowest BCUT2D eigenvalue weighted by Crippen LogP contribution is -2.27. The van der Waals surface area contributed by atoms with Crippen LogP contribution < -0.4 is 15.8 Å². The molecular formula is C10H16N4O. The average Bonchev–Trinajstić information content (AvgIpc) is 2.30. The number of nitrogens with two attached hydrogens (primary N) is 1. The number of hydrogen-bond donors (Lipinski definition) is 2. The molecule has 1 unspecified atom stereocenters. The quantitative estimate of drug-likeness (QED) is 0.754. The summed E-state index contributed by atoms with van der Waals surface area (Å²) in [6.07, 6.45) is 3.56. The summed E-state index contributed by atoms with van der Waals surface area (Å²) in [6, 6.07) is 2.13. The summed E-state index contributed by atoms with van der Waals surface area (Å²) in [4.78, 5) is 0. The van der Waals surface area contributed by atoms with Crippen molar-refractivity contribution in [3.63, 3.8) is 0 Å². The van der Waals surface area contributed by atoms with Gasteiger partial charge < -0.3 is 15.8 Å². The van der Waals surface area contributed by atoms with Gasteiger partial charge in [-0.2, -0.15) is 5.10 Å². The average molecular weight is 208 g/mol. The molecule has 1 aliphatic rings. The number of piperidine rings is 1. The lowest BCUT2D eigenvalue weighted by molar-refractivity contribution is 0.382. The van der Waals surface area contributed by atoms with Gasteiger partial charge in [0.15, 0.2) is 0 Å². The minimum atomic E-state index is 0.291. The largest absolute Gasteiger partial charge is 0.478 e. The molecule has 0 bridgehead atoms. The maximum absolute atomic E-state index is 5.78. The number of aromatic nitrogens is 2. The van der Waals surface area contributed by atoms with E-state index in [1.54, 1.807) is 7.11 Å². The Morgan fingerprint density at radius 3 is 2.93 bits per heavy atom. The molecule has 0 amide bonds. The van der Waals surface area contributed by atoms with Crippen molar-refractivity contribution in [3.05, 3.63) is 11.8 Å². The summed E-state index contributed by atoms with van der Waals surface area (Å²) >= 11 is 0. The van der Waals surface area contributed by atoms with Crippen molar-refractivity contribution in [3.8, 4) is 5.88 Å². The van der Waals surface area contributed by atoms with E-state index in [9.17, 15) is 0 Å². The minimum absolute atomic E-state index is 0.291. The molecule has 1 fully saturated rings. The summed E-state index contributed by atoms with van der Waals surface area (Å²) in [5.74, 6) is 0.398. The van der Waals surface area contributed by atoms with E-state index in [0.717, 1.165) is 18.7 Å². The van der Waals surface area contributed by atoms with E-state index in [4.69, 9.17) is 10.5 Å². The van der Waals surface area contributed by atoms with Crippen LogP contribution in [0, 0.1) is 0 Å². The normalized spacial score (nSPS) is 21.3. The molecule has 15 heavy (non-hydrogen) atoms. The number of nitrogens with zero attached hydrogens (tertiary/aromatic N) is 2. The highest BCUT2D eigenvalue weighted by molar-refractivity contribution is 5.48. The highest BCUT2D eigenvalue weighted by Gasteiger charge is 2.17. The molecule has 1 atom stereocenters. The molecule has 5 nitrogen and oxygen atoms in total. The van der Waals surface area contributed by atoms with Crippen molar-refractivity contribution in [1.29, 1.82) is 0 Å². The Morgan fingerprint density at radius 2 is 2.33 bits per heavy atom. The summed E-state index contributed by atoms with van der Waals surface area (Å²) in [5.41, 5.74) is 7.24. The monoisotopic (exact) mass is 208 g/mol. The zero-order valence-corrected chi connectivity index (χ0v) is 8.86. The van der Waals surface area contributed by atoms with Crippen LogP contribution in [0.4, 0.5) is 5.69 Å². The molecule has 1 saturated heterocycles. The molecule has 0 aliphatic carbocycles. The first kappa shape index (κ1) is 10.2. The van der Waals surface area contributed by atoms with Crippen molar-refractivity contribution in [2.75, 3.05) is 19.4 Å². The predicted molar refractivity (Wildman–Crippen MR) is 57.6 cm³/mol. The number of hydrogen-bond acceptors (Lipinski definition) is 5. The smallest absolute Gasteiger partial charge is 0.256 e. The van der Waals surface area contributed by atoms with Crippen LogP contribution in [-0.2, 0) is 0 Å². The van der Waals surface area contributed by atoms with Crippen molar-refractivity contribution in [2.45, 2.75) is 25.3 Å². The van der Waals surface area contributed by atoms with Crippen molar-refractivity contribution >= 4 is 5.69 Å². The second-order valence-corrected chi connectivity index (χ2v) is 3.74. The molecule has 82 valence electrons. The molecule has 5 heteroatoms. The van der Waals surface area contributed by atoms with Gasteiger partial charge in [-0.05, 0) is 25.5 Å². The van der Waals surface area contributed by atoms with Crippen LogP contribution >= 0.6 is 0 Å². The number of ether oxygens (including phenoxy) is 1. The van der Waals surface area contributed by atoms with Crippen LogP contribution in [0.5, 0.6) is 5.88 Å². The van der Waals surface area contributed by atoms with E-state index < -0.39 is 0 Å². The van der Waals surface area contributed by atoms with Gasteiger partial charge in [-0.15, -0.1) is 5.10 Å². The molecule has 0 aromatic carbocycles. The standard InChI is InChI=1S/C10H16N4O/c1-15-10-7(11)6-9(13-14-10)8-4-2-3-5-12-8/h6,8,12H,2-5H2,1H3,(H2,11,13). The Morgan fingerprint density at radius 1 is 1.47 bits per heavy atom. The van der Waals surface area contributed by atoms with Gasteiger partial charge in [-0.1, -0.05) is 6.42 Å². The fraction of sp³-hybridized carbons (Fsp3) is 0.600. The molecule has 0 radical (unpaired) electrons. The van der Waals surface area contributed by atoms with E-state index in [-0.39, 0.29) is 0 Å². The second-order valence-electron chi connectivity index (χ2n) is 3.74. The Bertz CT molecular complexity index is 336. The second kappa shape index (κ2) is 4.44. The highest BCUT2D eigenvalue weighted by Crippen LogP contribution is 2.24. The van der Waals surface area contributed by atoms with Crippen LogP contribution in [-0.4, -0.2) is 23.9 Å². The number of methoxy groups -OCH3 is 1. The number of rotatable bonds is 2. The van der Waals surface area contributed by atoms with E-state index in [1.165, 1.54) is 12.8 Å². The van der Waals surface area contributed by atoms with Gasteiger partial charge in [0.25, 0.3) is 5.88 Å². The van der Waals surface area contributed by atoms with Crippen LogP contribution in [0.1, 0.15) is 31.0 Å². The predicted octanol–water partition coefficient (Wildman–Crippen LogP) is 0.882. The van der Waals surface area contributed by atoms with Crippen LogP contribution in [0.15, 0.2) is 6.07 Å². The Labute approximate surface area is 89.0 Å². The van der Waals surface area contributed by atoms with Gasteiger partial charge in [0, 0.05) is 0 Å². The van der Waals surface area contributed by atoms with Gasteiger partial charge >= 0.3 is 0 Å². The Kier molecular flexibility index (Phi) is 3.01. The lowest BCUT2D eigenvalue weighted by atomic mass is 10.0. The van der Waals surface area contributed by atoms with E-state index >= 15 is 0 Å². The minimum Gasteiger partial charge on any atom is -0.478 e. The SMILES string of the molecule is COc1nnc(C2CCCCN2)cc1N. The zero-order chi connectivity index (χ0) is 10.7. The number of anilines is 1. The first-order valence-electron chi connectivity index (χ1n) is 5.21.